The van der Waals surface area contributed by atoms with Crippen molar-refractivity contribution >= 4 is 5.78 Å². The lowest BCUT2D eigenvalue weighted by Gasteiger charge is -2.28. The van der Waals surface area contributed by atoms with Gasteiger partial charge in [-0.3, -0.25) is 4.79 Å². The largest absolute Gasteiger partial charge is 0.507 e. The molecular weight excluding hydrogens is 272 g/mol. The molecule has 2 heteroatoms. The van der Waals surface area contributed by atoms with Gasteiger partial charge in [-0.15, -0.1) is 0 Å². The highest BCUT2D eigenvalue weighted by molar-refractivity contribution is 5.96. The summed E-state index contributed by atoms with van der Waals surface area (Å²) in [4.78, 5) is 12.5. The standard InChI is InChI=1S/C20H31O2/c1-8-9-10-11-17(21)14-12-15(19(2,3)4)18(22)16(13-14)20(5,6)7/h12-13,22H,1,8-11H2,2-7H3. The van der Waals surface area contributed by atoms with Crippen molar-refractivity contribution in [3.63, 3.8) is 0 Å². The highest BCUT2D eigenvalue weighted by Gasteiger charge is 2.27. The molecule has 0 unspecified atom stereocenters. The molecule has 1 aromatic rings. The normalized spacial score (nSPS) is 12.5. The molecule has 0 bridgehead atoms. The molecule has 0 aliphatic carbocycles. The van der Waals surface area contributed by atoms with E-state index in [9.17, 15) is 9.90 Å². The van der Waals surface area contributed by atoms with Crippen LogP contribution >= 0.6 is 0 Å². The monoisotopic (exact) mass is 303 g/mol. The molecule has 22 heavy (non-hydrogen) atoms. The van der Waals surface area contributed by atoms with Crippen LogP contribution in [0.15, 0.2) is 12.1 Å². The van der Waals surface area contributed by atoms with Crippen molar-refractivity contribution < 1.29 is 9.90 Å². The molecular formula is C20H31O2. The van der Waals surface area contributed by atoms with Gasteiger partial charge in [-0.25, -0.2) is 0 Å². The number of Topliss-reactive ketones (excluding diaryl/α,β-unsaturated/α-hetero) is 1. The number of hydrogen-bond donors (Lipinski definition) is 1. The van der Waals surface area contributed by atoms with Crippen molar-refractivity contribution in [1.82, 2.24) is 0 Å². The summed E-state index contributed by atoms with van der Waals surface area (Å²) in [5.41, 5.74) is 2.01. The second kappa shape index (κ2) is 6.85. The number of aromatic hydroxyl groups is 1. The third-order valence-corrected chi connectivity index (χ3v) is 3.95. The molecule has 0 aliphatic rings. The van der Waals surface area contributed by atoms with Crippen LogP contribution in [0.3, 0.4) is 0 Å². The summed E-state index contributed by atoms with van der Waals surface area (Å²) in [6, 6.07) is 3.74. The molecule has 1 N–H and O–H groups in total. The van der Waals surface area contributed by atoms with E-state index in [2.05, 4.69) is 48.5 Å². The predicted octanol–water partition coefficient (Wildman–Crippen LogP) is 5.56. The van der Waals surface area contributed by atoms with Gasteiger partial charge in [0.15, 0.2) is 5.78 Å². The summed E-state index contributed by atoms with van der Waals surface area (Å²) >= 11 is 0. The first-order chi connectivity index (χ1) is 9.98. The van der Waals surface area contributed by atoms with Crippen molar-refractivity contribution in [2.24, 2.45) is 0 Å². The first-order valence-corrected chi connectivity index (χ1v) is 8.19. The maximum absolute atomic E-state index is 12.5. The SMILES string of the molecule is [CH2]CCCCC(=O)c1cc(C(C)(C)C)c(O)c(C(C)(C)C)c1. The lowest BCUT2D eigenvalue weighted by atomic mass is 9.78. The number of carbonyl (C=O) groups excluding carboxylic acids is 1. The van der Waals surface area contributed by atoms with Gasteiger partial charge in [-0.1, -0.05) is 61.3 Å². The van der Waals surface area contributed by atoms with Crippen LogP contribution in [0.5, 0.6) is 5.75 Å². The molecule has 0 spiro atoms. The van der Waals surface area contributed by atoms with Crippen LogP contribution in [0.1, 0.15) is 88.7 Å². The van der Waals surface area contributed by atoms with E-state index in [1.54, 1.807) is 0 Å². The highest BCUT2D eigenvalue weighted by atomic mass is 16.3. The second-order valence-corrected chi connectivity index (χ2v) is 8.15. The minimum atomic E-state index is -0.201. The number of hydrogen-bond acceptors (Lipinski definition) is 2. The smallest absolute Gasteiger partial charge is 0.162 e. The molecule has 123 valence electrons. The van der Waals surface area contributed by atoms with Crippen molar-refractivity contribution in [3.8, 4) is 5.75 Å². The molecule has 0 aliphatic heterocycles. The van der Waals surface area contributed by atoms with Gasteiger partial charge in [0.25, 0.3) is 0 Å². The van der Waals surface area contributed by atoms with E-state index in [0.29, 0.717) is 12.2 Å². The fourth-order valence-corrected chi connectivity index (χ4v) is 2.55. The molecule has 1 rings (SSSR count). The van der Waals surface area contributed by atoms with E-state index in [1.165, 1.54) is 0 Å². The molecule has 1 aromatic carbocycles. The fourth-order valence-electron chi connectivity index (χ4n) is 2.55. The van der Waals surface area contributed by atoms with Gasteiger partial charge >= 0.3 is 0 Å². The van der Waals surface area contributed by atoms with Gasteiger partial charge in [-0.2, -0.15) is 0 Å². The topological polar surface area (TPSA) is 37.3 Å². The van der Waals surface area contributed by atoms with Crippen LogP contribution in [-0.2, 0) is 10.8 Å². The second-order valence-electron chi connectivity index (χ2n) is 8.15. The lowest BCUT2D eigenvalue weighted by Crippen LogP contribution is -2.18. The van der Waals surface area contributed by atoms with Crippen molar-refractivity contribution in [2.75, 3.05) is 0 Å². The highest BCUT2D eigenvalue weighted by Crippen LogP contribution is 2.40. The van der Waals surface area contributed by atoms with Gasteiger partial charge < -0.3 is 5.11 Å². The average molecular weight is 303 g/mol. The summed E-state index contributed by atoms with van der Waals surface area (Å²) < 4.78 is 0. The molecule has 0 saturated heterocycles. The van der Waals surface area contributed by atoms with Gasteiger partial charge in [0.1, 0.15) is 5.75 Å². The van der Waals surface area contributed by atoms with Gasteiger partial charge in [0, 0.05) is 23.1 Å². The lowest BCUT2D eigenvalue weighted by molar-refractivity contribution is 0.0979. The number of phenolic OH excluding ortho intramolecular Hbond substituents is 1. The van der Waals surface area contributed by atoms with Crippen molar-refractivity contribution in [2.45, 2.75) is 78.1 Å². The Kier molecular flexibility index (Phi) is 5.83. The Bertz CT molecular complexity index is 493. The van der Waals surface area contributed by atoms with Crippen molar-refractivity contribution in [3.05, 3.63) is 35.7 Å². The van der Waals surface area contributed by atoms with Gasteiger partial charge in [0.05, 0.1) is 0 Å². The van der Waals surface area contributed by atoms with Crippen LogP contribution in [0.2, 0.25) is 0 Å². The molecule has 0 fully saturated rings. The molecule has 0 atom stereocenters. The first kappa shape index (κ1) is 18.7. The summed E-state index contributed by atoms with van der Waals surface area (Å²) in [5.74, 6) is 0.485. The van der Waals surface area contributed by atoms with E-state index in [4.69, 9.17) is 0 Å². The number of unbranched alkanes of at least 4 members (excludes halogenated alkanes) is 2. The number of rotatable bonds is 5. The van der Waals surface area contributed by atoms with Crippen LogP contribution in [-0.4, -0.2) is 10.9 Å². The zero-order chi connectivity index (χ0) is 17.1. The predicted molar refractivity (Wildman–Crippen MR) is 93.7 cm³/mol. The maximum atomic E-state index is 12.5. The molecule has 0 amide bonds. The summed E-state index contributed by atoms with van der Waals surface area (Å²) in [7, 11) is 0. The van der Waals surface area contributed by atoms with Crippen LogP contribution in [0.25, 0.3) is 0 Å². The Labute approximate surface area is 135 Å². The Morgan fingerprint density at radius 2 is 1.45 bits per heavy atom. The Hall–Kier alpha value is -1.31. The van der Waals surface area contributed by atoms with Gasteiger partial charge in [-0.05, 0) is 29.4 Å². The van der Waals surface area contributed by atoms with Gasteiger partial charge in [0.2, 0.25) is 0 Å². The zero-order valence-electron chi connectivity index (χ0n) is 15.0. The van der Waals surface area contributed by atoms with Crippen molar-refractivity contribution in [1.29, 1.82) is 0 Å². The van der Waals surface area contributed by atoms with E-state index < -0.39 is 0 Å². The van der Waals surface area contributed by atoms with Crippen LogP contribution in [0.4, 0.5) is 0 Å². The third kappa shape index (κ3) is 4.59. The van der Waals surface area contributed by atoms with E-state index in [-0.39, 0.29) is 16.6 Å². The molecule has 0 heterocycles. The first-order valence-electron chi connectivity index (χ1n) is 8.19. The molecule has 0 saturated carbocycles. The quantitative estimate of drug-likeness (QED) is 0.571. The number of carbonyl (C=O) groups is 1. The fraction of sp³-hybridized carbons (Fsp3) is 0.600. The minimum Gasteiger partial charge on any atom is -0.507 e. The van der Waals surface area contributed by atoms with E-state index in [0.717, 1.165) is 36.0 Å². The maximum Gasteiger partial charge on any atom is 0.162 e. The average Bonchev–Trinajstić information content (AvgIpc) is 2.36. The Balaban J connectivity index is 3.32. The molecule has 1 radical (unpaired) electrons. The Morgan fingerprint density at radius 3 is 1.82 bits per heavy atom. The number of phenols is 1. The van der Waals surface area contributed by atoms with Crippen LogP contribution < -0.4 is 0 Å². The zero-order valence-corrected chi connectivity index (χ0v) is 15.0. The Morgan fingerprint density at radius 1 is 1.00 bits per heavy atom. The number of ketones is 1. The summed E-state index contributed by atoms with van der Waals surface area (Å²) in [5, 5.41) is 10.7. The van der Waals surface area contributed by atoms with E-state index in [1.807, 2.05) is 12.1 Å². The number of benzene rings is 1. The molecule has 0 aromatic heterocycles. The molecule has 2 nitrogen and oxygen atoms in total. The van der Waals surface area contributed by atoms with Crippen LogP contribution in [0, 0.1) is 6.92 Å². The summed E-state index contributed by atoms with van der Waals surface area (Å²) in [6.07, 6.45) is 3.26. The minimum absolute atomic E-state index is 0.157. The third-order valence-electron chi connectivity index (χ3n) is 3.95. The van der Waals surface area contributed by atoms with E-state index >= 15 is 0 Å². The summed E-state index contributed by atoms with van der Waals surface area (Å²) in [6.45, 7) is 16.2.